The number of piperidine rings is 1. The Hall–Kier alpha value is -2.15. The Labute approximate surface area is 138 Å². The van der Waals surface area contributed by atoms with Gasteiger partial charge in [0.2, 0.25) is 0 Å². The molecule has 0 N–H and O–H groups in total. The van der Waals surface area contributed by atoms with Gasteiger partial charge in [-0.05, 0) is 19.3 Å². The Morgan fingerprint density at radius 1 is 1.17 bits per heavy atom. The van der Waals surface area contributed by atoms with Crippen molar-refractivity contribution in [2.45, 2.75) is 19.3 Å². The number of rotatable bonds is 2. The predicted octanol–water partition coefficient (Wildman–Crippen LogP) is 2.19. The van der Waals surface area contributed by atoms with E-state index in [-0.39, 0.29) is 5.56 Å². The van der Waals surface area contributed by atoms with Crippen LogP contribution in [0.2, 0.25) is 0 Å². The van der Waals surface area contributed by atoms with Crippen molar-refractivity contribution >= 4 is 37.3 Å². The van der Waals surface area contributed by atoms with Crippen molar-refractivity contribution in [3.63, 3.8) is 0 Å². The van der Waals surface area contributed by atoms with E-state index in [9.17, 15) is 4.79 Å². The van der Waals surface area contributed by atoms with Crippen LogP contribution in [0, 0.1) is 0 Å². The molecule has 7 heteroatoms. The lowest BCUT2D eigenvalue weighted by Gasteiger charge is -2.29. The van der Waals surface area contributed by atoms with Crippen molar-refractivity contribution in [2.24, 2.45) is 0 Å². The molecule has 23 heavy (non-hydrogen) atoms. The highest BCUT2D eigenvalue weighted by Crippen LogP contribution is 2.35. The summed E-state index contributed by atoms with van der Waals surface area (Å²) in [6.07, 6.45) is 8.83. The molecule has 0 aliphatic carbocycles. The van der Waals surface area contributed by atoms with E-state index in [1.165, 1.54) is 17.8 Å². The second kappa shape index (κ2) is 5.49. The van der Waals surface area contributed by atoms with E-state index in [4.69, 9.17) is 0 Å². The molecule has 0 spiro atoms. The third-order valence-electron chi connectivity index (χ3n) is 4.37. The topological polar surface area (TPSA) is 54.3 Å². The van der Waals surface area contributed by atoms with Crippen molar-refractivity contribution in [3.8, 4) is 0 Å². The average molecular weight is 329 g/mol. The summed E-state index contributed by atoms with van der Waals surface area (Å²) < 4.78 is 3.41. The second-order valence-electron chi connectivity index (χ2n) is 6.11. The maximum atomic E-state index is 12.9. The smallest absolute Gasteiger partial charge is 0.290 e. The van der Waals surface area contributed by atoms with Crippen LogP contribution in [0.5, 0.6) is 0 Å². The quantitative estimate of drug-likeness (QED) is 0.721. The molecule has 1 aliphatic rings. The first kappa shape index (κ1) is 14.4. The summed E-state index contributed by atoms with van der Waals surface area (Å²) in [5.41, 5.74) is 1.81. The summed E-state index contributed by atoms with van der Waals surface area (Å²) in [5, 5.41) is 3.13. The Morgan fingerprint density at radius 3 is 2.70 bits per heavy atom. The molecule has 4 rings (SSSR count). The number of fused-ring (bicyclic) bond motifs is 3. The summed E-state index contributed by atoms with van der Waals surface area (Å²) in [6, 6.07) is 0. The minimum absolute atomic E-state index is 0.0304. The lowest BCUT2D eigenvalue weighted by molar-refractivity contribution is 0.468. The van der Waals surface area contributed by atoms with Gasteiger partial charge in [0.25, 0.3) is 5.56 Å². The zero-order valence-electron chi connectivity index (χ0n) is 13.3. The SMILES string of the molecule is CN(C)c1cncc2sc3c(=O)n(N4CCCCC4)cnc3c12. The molecular weight excluding hydrogens is 310 g/mol. The Balaban J connectivity index is 1.96. The van der Waals surface area contributed by atoms with Gasteiger partial charge >= 0.3 is 0 Å². The van der Waals surface area contributed by atoms with Crippen LogP contribution in [0.15, 0.2) is 23.5 Å². The number of hydrogen-bond donors (Lipinski definition) is 0. The molecular formula is C16H19N5OS. The summed E-state index contributed by atoms with van der Waals surface area (Å²) in [6.45, 7) is 1.84. The highest BCUT2D eigenvalue weighted by molar-refractivity contribution is 7.25. The normalized spacial score (nSPS) is 15.5. The van der Waals surface area contributed by atoms with Crippen LogP contribution < -0.4 is 15.5 Å². The van der Waals surface area contributed by atoms with Gasteiger partial charge in [0.15, 0.2) is 0 Å². The van der Waals surface area contributed by atoms with Crippen LogP contribution in [0.1, 0.15) is 19.3 Å². The monoisotopic (exact) mass is 329 g/mol. The number of aromatic nitrogens is 3. The van der Waals surface area contributed by atoms with Gasteiger partial charge in [0, 0.05) is 38.8 Å². The first-order valence-electron chi connectivity index (χ1n) is 7.87. The number of hydrogen-bond acceptors (Lipinski definition) is 6. The third-order valence-corrected chi connectivity index (χ3v) is 5.47. The van der Waals surface area contributed by atoms with Crippen LogP contribution in [-0.4, -0.2) is 41.8 Å². The maximum Gasteiger partial charge on any atom is 0.290 e. The first-order chi connectivity index (χ1) is 11.2. The highest BCUT2D eigenvalue weighted by Gasteiger charge is 2.18. The molecule has 120 valence electrons. The summed E-state index contributed by atoms with van der Waals surface area (Å²) in [7, 11) is 3.96. The Morgan fingerprint density at radius 2 is 1.96 bits per heavy atom. The van der Waals surface area contributed by atoms with Gasteiger partial charge in [-0.15, -0.1) is 11.3 Å². The molecule has 6 nitrogen and oxygen atoms in total. The van der Waals surface area contributed by atoms with Crippen LogP contribution in [-0.2, 0) is 0 Å². The van der Waals surface area contributed by atoms with E-state index in [0.29, 0.717) is 4.70 Å². The van der Waals surface area contributed by atoms with E-state index >= 15 is 0 Å². The van der Waals surface area contributed by atoms with E-state index in [2.05, 4.69) is 15.0 Å². The second-order valence-corrected chi connectivity index (χ2v) is 7.17. The van der Waals surface area contributed by atoms with Gasteiger partial charge in [-0.2, -0.15) is 0 Å². The zero-order valence-corrected chi connectivity index (χ0v) is 14.1. The molecule has 1 aliphatic heterocycles. The molecule has 1 saturated heterocycles. The minimum atomic E-state index is 0.0304. The van der Waals surface area contributed by atoms with E-state index in [1.807, 2.05) is 31.4 Å². The van der Waals surface area contributed by atoms with E-state index in [0.717, 1.165) is 47.2 Å². The van der Waals surface area contributed by atoms with Crippen LogP contribution in [0.25, 0.3) is 20.3 Å². The standard InChI is InChI=1S/C16H19N5OS/c1-19(2)11-8-17-9-12-13(11)14-15(23-12)16(22)21(10-18-14)20-6-4-3-5-7-20/h8-10H,3-7H2,1-2H3. The van der Waals surface area contributed by atoms with Gasteiger partial charge in [0.05, 0.1) is 22.1 Å². The minimum Gasteiger partial charge on any atom is -0.376 e. The summed E-state index contributed by atoms with van der Waals surface area (Å²) in [5.74, 6) is 0. The first-order valence-corrected chi connectivity index (χ1v) is 8.69. The van der Waals surface area contributed by atoms with Crippen molar-refractivity contribution in [1.29, 1.82) is 0 Å². The largest absolute Gasteiger partial charge is 0.376 e. The molecule has 0 atom stereocenters. The van der Waals surface area contributed by atoms with Gasteiger partial charge in [-0.1, -0.05) is 0 Å². The van der Waals surface area contributed by atoms with Crippen LogP contribution in [0.3, 0.4) is 0 Å². The van der Waals surface area contributed by atoms with Crippen LogP contribution >= 0.6 is 11.3 Å². The molecule has 0 radical (unpaired) electrons. The fraction of sp³-hybridized carbons (Fsp3) is 0.438. The van der Waals surface area contributed by atoms with Gasteiger partial charge in [-0.25, -0.2) is 9.66 Å². The Kier molecular flexibility index (Phi) is 3.45. The molecule has 0 aromatic carbocycles. The molecule has 0 unspecified atom stereocenters. The number of anilines is 1. The molecule has 3 aromatic rings. The van der Waals surface area contributed by atoms with Gasteiger partial charge in [0.1, 0.15) is 11.0 Å². The lowest BCUT2D eigenvalue weighted by Crippen LogP contribution is -2.45. The molecule has 0 bridgehead atoms. The zero-order chi connectivity index (χ0) is 16.0. The van der Waals surface area contributed by atoms with Crippen molar-refractivity contribution in [1.82, 2.24) is 14.6 Å². The Bertz CT molecular complexity index is 923. The fourth-order valence-electron chi connectivity index (χ4n) is 3.19. The number of pyridine rings is 1. The third kappa shape index (κ3) is 2.26. The summed E-state index contributed by atoms with van der Waals surface area (Å²) in [4.78, 5) is 23.9. The highest BCUT2D eigenvalue weighted by atomic mass is 32.1. The van der Waals surface area contributed by atoms with Gasteiger partial charge in [-0.3, -0.25) is 9.78 Å². The van der Waals surface area contributed by atoms with Crippen molar-refractivity contribution in [3.05, 3.63) is 29.1 Å². The average Bonchev–Trinajstić information content (AvgIpc) is 2.95. The fourth-order valence-corrected chi connectivity index (χ4v) is 4.26. The van der Waals surface area contributed by atoms with Crippen molar-refractivity contribution in [2.75, 3.05) is 37.1 Å². The molecule has 3 aromatic heterocycles. The molecule has 0 saturated carbocycles. The van der Waals surface area contributed by atoms with E-state index in [1.54, 1.807) is 11.0 Å². The number of nitrogens with zero attached hydrogens (tertiary/aromatic N) is 5. The molecule has 1 fully saturated rings. The van der Waals surface area contributed by atoms with Gasteiger partial charge < -0.3 is 9.91 Å². The molecule has 0 amide bonds. The lowest BCUT2D eigenvalue weighted by atomic mass is 10.2. The van der Waals surface area contributed by atoms with E-state index < -0.39 is 0 Å². The summed E-state index contributed by atoms with van der Waals surface area (Å²) >= 11 is 1.49. The maximum absolute atomic E-state index is 12.9. The number of thiophene rings is 1. The van der Waals surface area contributed by atoms with Crippen LogP contribution in [0.4, 0.5) is 5.69 Å². The molecule has 4 heterocycles. The van der Waals surface area contributed by atoms with Crippen molar-refractivity contribution < 1.29 is 0 Å². The predicted molar refractivity (Wildman–Crippen MR) is 95.3 cm³/mol.